The lowest BCUT2D eigenvalue weighted by Crippen LogP contribution is -2.36. The molecule has 6 nitrogen and oxygen atoms in total. The predicted octanol–water partition coefficient (Wildman–Crippen LogP) is 3.65. The van der Waals surface area contributed by atoms with Gasteiger partial charge in [0.25, 0.3) is 5.91 Å². The highest BCUT2D eigenvalue weighted by Gasteiger charge is 2.27. The van der Waals surface area contributed by atoms with Gasteiger partial charge in [0.05, 0.1) is 11.0 Å². The number of halogens is 1. The van der Waals surface area contributed by atoms with Gasteiger partial charge >= 0.3 is 5.69 Å². The van der Waals surface area contributed by atoms with Gasteiger partial charge in [0.15, 0.2) is 6.61 Å². The molecule has 7 heteroatoms. The van der Waals surface area contributed by atoms with Crippen molar-refractivity contribution in [3.63, 3.8) is 0 Å². The smallest absolute Gasteiger partial charge is 0.311 e. The van der Waals surface area contributed by atoms with E-state index in [4.69, 9.17) is 4.74 Å². The molecule has 1 unspecified atom stereocenters. The molecule has 2 aromatic rings. The van der Waals surface area contributed by atoms with Crippen LogP contribution in [0, 0.1) is 15.9 Å². The number of amides is 1. The molecule has 0 aromatic heterocycles. The van der Waals surface area contributed by atoms with Crippen LogP contribution in [0.25, 0.3) is 0 Å². The first-order valence-electron chi connectivity index (χ1n) is 8.37. The topological polar surface area (TPSA) is 72.7 Å². The number of nitro groups is 1. The molecule has 3 rings (SSSR count). The van der Waals surface area contributed by atoms with Gasteiger partial charge in [-0.1, -0.05) is 24.3 Å². The maximum atomic E-state index is 13.4. The van der Waals surface area contributed by atoms with Crippen LogP contribution in [0.1, 0.15) is 30.0 Å². The molecule has 1 atom stereocenters. The van der Waals surface area contributed by atoms with E-state index in [0.29, 0.717) is 0 Å². The van der Waals surface area contributed by atoms with Gasteiger partial charge in [-0.3, -0.25) is 14.9 Å². The first-order chi connectivity index (χ1) is 12.5. The van der Waals surface area contributed by atoms with E-state index in [1.165, 1.54) is 5.56 Å². The molecule has 1 aliphatic rings. The van der Waals surface area contributed by atoms with Crippen LogP contribution in [0.4, 0.5) is 10.1 Å². The monoisotopic (exact) mass is 358 g/mol. The maximum Gasteiger partial charge on any atom is 0.311 e. The average Bonchev–Trinajstić information content (AvgIpc) is 2.64. The van der Waals surface area contributed by atoms with E-state index in [1.807, 2.05) is 18.2 Å². The fraction of sp³-hybridized carbons (Fsp3) is 0.316. The van der Waals surface area contributed by atoms with Crippen molar-refractivity contribution in [1.82, 2.24) is 4.90 Å². The lowest BCUT2D eigenvalue weighted by Gasteiger charge is -2.33. The molecule has 0 bridgehead atoms. The Balaban J connectivity index is 1.72. The number of rotatable bonds is 5. The number of nitrogens with zero attached hydrogens (tertiary/aromatic N) is 2. The third kappa shape index (κ3) is 3.66. The lowest BCUT2D eigenvalue weighted by molar-refractivity contribution is -0.385. The van der Waals surface area contributed by atoms with Crippen LogP contribution < -0.4 is 4.74 Å². The van der Waals surface area contributed by atoms with Crippen LogP contribution in [0.5, 0.6) is 5.75 Å². The highest BCUT2D eigenvalue weighted by atomic mass is 19.1. The molecule has 0 spiro atoms. The van der Waals surface area contributed by atoms with E-state index in [1.54, 1.807) is 11.9 Å². The number of hydrogen-bond donors (Lipinski definition) is 0. The van der Waals surface area contributed by atoms with Crippen molar-refractivity contribution in [2.75, 3.05) is 13.7 Å². The Kier molecular flexibility index (Phi) is 5.16. The summed E-state index contributed by atoms with van der Waals surface area (Å²) in [6.45, 7) is -0.389. The van der Waals surface area contributed by atoms with Crippen LogP contribution in [0.15, 0.2) is 42.5 Å². The zero-order valence-corrected chi connectivity index (χ0v) is 14.4. The van der Waals surface area contributed by atoms with Crippen LogP contribution in [-0.4, -0.2) is 29.4 Å². The lowest BCUT2D eigenvalue weighted by atomic mass is 9.87. The molecular formula is C19H19FN2O4. The Labute approximate surface area is 150 Å². The van der Waals surface area contributed by atoms with Gasteiger partial charge in [0.1, 0.15) is 5.82 Å². The van der Waals surface area contributed by atoms with Crippen LogP contribution >= 0.6 is 0 Å². The summed E-state index contributed by atoms with van der Waals surface area (Å²) < 4.78 is 18.6. The second-order valence-corrected chi connectivity index (χ2v) is 6.27. The van der Waals surface area contributed by atoms with Gasteiger partial charge in [0, 0.05) is 19.2 Å². The maximum absolute atomic E-state index is 13.4. The van der Waals surface area contributed by atoms with Crippen molar-refractivity contribution >= 4 is 11.6 Å². The molecule has 0 fully saturated rings. The molecule has 0 heterocycles. The zero-order valence-electron chi connectivity index (χ0n) is 14.4. The quantitative estimate of drug-likeness (QED) is 0.604. The summed E-state index contributed by atoms with van der Waals surface area (Å²) >= 11 is 0. The first-order valence-corrected chi connectivity index (χ1v) is 8.37. The number of ether oxygens (including phenoxy) is 1. The largest absolute Gasteiger partial charge is 0.477 e. The minimum atomic E-state index is -0.666. The third-order valence-corrected chi connectivity index (χ3v) is 4.67. The molecule has 26 heavy (non-hydrogen) atoms. The molecule has 1 amide bonds. The number of nitro benzene ring substituents is 1. The van der Waals surface area contributed by atoms with Crippen molar-refractivity contribution in [3.05, 3.63) is 69.5 Å². The number of hydrogen-bond acceptors (Lipinski definition) is 4. The van der Waals surface area contributed by atoms with E-state index in [9.17, 15) is 19.3 Å². The van der Waals surface area contributed by atoms with Gasteiger partial charge < -0.3 is 9.64 Å². The molecule has 0 saturated carbocycles. The number of carbonyl (C=O) groups is 1. The fourth-order valence-corrected chi connectivity index (χ4v) is 3.30. The Morgan fingerprint density at radius 2 is 2.12 bits per heavy atom. The third-order valence-electron chi connectivity index (χ3n) is 4.67. The average molecular weight is 358 g/mol. The highest BCUT2D eigenvalue weighted by Crippen LogP contribution is 2.33. The van der Waals surface area contributed by atoms with Gasteiger partial charge in [0.2, 0.25) is 5.75 Å². The van der Waals surface area contributed by atoms with Gasteiger partial charge in [-0.05, 0) is 36.5 Å². The molecule has 0 radical (unpaired) electrons. The van der Waals surface area contributed by atoms with E-state index in [0.717, 1.165) is 43.0 Å². The van der Waals surface area contributed by atoms with Crippen molar-refractivity contribution in [1.29, 1.82) is 0 Å². The van der Waals surface area contributed by atoms with Gasteiger partial charge in [-0.15, -0.1) is 0 Å². The zero-order chi connectivity index (χ0) is 18.7. The molecule has 0 saturated heterocycles. The Hall–Kier alpha value is -2.96. The molecular weight excluding hydrogens is 339 g/mol. The predicted molar refractivity (Wildman–Crippen MR) is 93.4 cm³/mol. The van der Waals surface area contributed by atoms with E-state index < -0.39 is 10.7 Å². The summed E-state index contributed by atoms with van der Waals surface area (Å²) in [6.07, 6.45) is 2.82. The molecule has 0 N–H and O–H groups in total. The Morgan fingerprint density at radius 1 is 1.35 bits per heavy atom. The summed E-state index contributed by atoms with van der Waals surface area (Å²) in [4.78, 5) is 24.5. The molecule has 2 aromatic carbocycles. The van der Waals surface area contributed by atoms with Crippen LogP contribution in [-0.2, 0) is 11.2 Å². The molecule has 1 aliphatic carbocycles. The standard InChI is InChI=1S/C19H19FN2O4/c1-21(16-8-4-6-13-5-2-3-7-15(13)16)19(23)12-26-18-11-14(20)9-10-17(18)22(24)25/h2-3,5,7,9-11,16H,4,6,8,12H2,1H3. The Bertz CT molecular complexity index is 840. The second-order valence-electron chi connectivity index (χ2n) is 6.27. The van der Waals surface area contributed by atoms with Crippen molar-refractivity contribution in [2.24, 2.45) is 0 Å². The number of aryl methyl sites for hydroxylation is 1. The van der Waals surface area contributed by atoms with Crippen molar-refractivity contribution in [2.45, 2.75) is 25.3 Å². The number of fused-ring (bicyclic) bond motifs is 1. The normalized spacial score (nSPS) is 15.8. The second kappa shape index (κ2) is 7.51. The number of carbonyl (C=O) groups excluding carboxylic acids is 1. The number of likely N-dealkylation sites (N-methyl/N-ethyl adjacent to an activating group) is 1. The van der Waals surface area contributed by atoms with Crippen LogP contribution in [0.2, 0.25) is 0 Å². The first kappa shape index (κ1) is 17.8. The summed E-state index contributed by atoms with van der Waals surface area (Å²) in [5.74, 6) is -1.22. The summed E-state index contributed by atoms with van der Waals surface area (Å²) in [7, 11) is 1.69. The van der Waals surface area contributed by atoms with E-state index in [-0.39, 0.29) is 30.0 Å². The van der Waals surface area contributed by atoms with E-state index >= 15 is 0 Å². The summed E-state index contributed by atoms with van der Waals surface area (Å²) in [6, 6.07) is 10.9. The van der Waals surface area contributed by atoms with Crippen molar-refractivity contribution in [3.8, 4) is 5.75 Å². The number of benzene rings is 2. The van der Waals surface area contributed by atoms with E-state index in [2.05, 4.69) is 6.07 Å². The van der Waals surface area contributed by atoms with Gasteiger partial charge in [-0.2, -0.15) is 0 Å². The molecule has 136 valence electrons. The summed E-state index contributed by atoms with van der Waals surface area (Å²) in [5.41, 5.74) is 1.97. The Morgan fingerprint density at radius 3 is 2.88 bits per heavy atom. The summed E-state index contributed by atoms with van der Waals surface area (Å²) in [5, 5.41) is 11.0. The molecule has 0 aliphatic heterocycles. The van der Waals surface area contributed by atoms with Crippen molar-refractivity contribution < 1.29 is 18.8 Å². The minimum absolute atomic E-state index is 0.0569. The van der Waals surface area contributed by atoms with Gasteiger partial charge in [-0.25, -0.2) is 4.39 Å². The fourth-order valence-electron chi connectivity index (χ4n) is 3.30. The highest BCUT2D eigenvalue weighted by molar-refractivity contribution is 5.78. The SMILES string of the molecule is CN(C(=O)COc1cc(F)ccc1[N+](=O)[O-])C1CCCc2ccccc21. The minimum Gasteiger partial charge on any atom is -0.477 e. The van der Waals surface area contributed by atoms with Crippen LogP contribution in [0.3, 0.4) is 0 Å².